The number of benzene rings is 1. The number of rotatable bonds is 3. The van der Waals surface area contributed by atoms with Gasteiger partial charge in [-0.3, -0.25) is 0 Å². The number of nitrogens with one attached hydrogen (secondary N) is 1. The SMILES string of the molecule is C[C@@H]1CCN(C(=O)N[C@@H](C)c2nnnn2-c2ccccc2)[C@H](C)C1. The van der Waals surface area contributed by atoms with Crippen LogP contribution in [-0.2, 0) is 0 Å². The molecule has 24 heavy (non-hydrogen) atoms. The van der Waals surface area contributed by atoms with Crippen LogP contribution in [0.5, 0.6) is 0 Å². The molecule has 0 radical (unpaired) electrons. The molecule has 1 aliphatic rings. The van der Waals surface area contributed by atoms with E-state index in [4.69, 9.17) is 0 Å². The Balaban J connectivity index is 1.71. The van der Waals surface area contributed by atoms with Gasteiger partial charge in [-0.15, -0.1) is 5.10 Å². The van der Waals surface area contributed by atoms with Gasteiger partial charge < -0.3 is 10.2 Å². The molecule has 0 aliphatic carbocycles. The lowest BCUT2D eigenvalue weighted by Gasteiger charge is -2.37. The Morgan fingerprint density at radius 3 is 2.75 bits per heavy atom. The summed E-state index contributed by atoms with van der Waals surface area (Å²) in [5.41, 5.74) is 0.874. The fourth-order valence-corrected chi connectivity index (χ4v) is 3.26. The number of aromatic nitrogens is 4. The van der Waals surface area contributed by atoms with Crippen LogP contribution in [0.1, 0.15) is 45.5 Å². The van der Waals surface area contributed by atoms with Crippen LogP contribution < -0.4 is 5.32 Å². The standard InChI is InChI=1S/C17H24N6O/c1-12-9-10-22(13(2)11-12)17(24)18-14(3)16-19-20-21-23(16)15-7-5-4-6-8-15/h4-8,12-14H,9-11H2,1-3H3,(H,18,24)/t12-,13-,14+/m1/s1. The summed E-state index contributed by atoms with van der Waals surface area (Å²) in [5.74, 6) is 1.29. The fraction of sp³-hybridized carbons (Fsp3) is 0.529. The fourth-order valence-electron chi connectivity index (χ4n) is 3.26. The van der Waals surface area contributed by atoms with Crippen molar-refractivity contribution in [2.24, 2.45) is 5.92 Å². The smallest absolute Gasteiger partial charge is 0.318 e. The molecule has 7 nitrogen and oxygen atoms in total. The molecule has 3 atom stereocenters. The maximum Gasteiger partial charge on any atom is 0.318 e. The number of carbonyl (C=O) groups is 1. The summed E-state index contributed by atoms with van der Waals surface area (Å²) in [7, 11) is 0. The second-order valence-corrected chi connectivity index (χ2v) is 6.63. The Morgan fingerprint density at radius 2 is 2.04 bits per heavy atom. The summed E-state index contributed by atoms with van der Waals surface area (Å²) < 4.78 is 1.66. The zero-order valence-corrected chi connectivity index (χ0v) is 14.4. The van der Waals surface area contributed by atoms with E-state index in [-0.39, 0.29) is 18.1 Å². The molecule has 0 spiro atoms. The van der Waals surface area contributed by atoms with Gasteiger partial charge in [-0.2, -0.15) is 4.68 Å². The second-order valence-electron chi connectivity index (χ2n) is 6.63. The topological polar surface area (TPSA) is 75.9 Å². The molecule has 7 heteroatoms. The van der Waals surface area contributed by atoms with Gasteiger partial charge >= 0.3 is 6.03 Å². The van der Waals surface area contributed by atoms with Crippen molar-refractivity contribution < 1.29 is 4.79 Å². The van der Waals surface area contributed by atoms with Crippen molar-refractivity contribution in [2.45, 2.75) is 45.7 Å². The van der Waals surface area contributed by atoms with Gasteiger partial charge in [-0.05, 0) is 55.2 Å². The monoisotopic (exact) mass is 328 g/mol. The largest absolute Gasteiger partial charge is 0.328 e. The minimum Gasteiger partial charge on any atom is -0.328 e. The Bertz CT molecular complexity index is 685. The van der Waals surface area contributed by atoms with Gasteiger partial charge in [-0.1, -0.05) is 25.1 Å². The van der Waals surface area contributed by atoms with E-state index in [1.807, 2.05) is 42.2 Å². The van der Waals surface area contributed by atoms with Crippen molar-refractivity contribution in [1.82, 2.24) is 30.4 Å². The Kier molecular flexibility index (Phi) is 4.78. The Hall–Kier alpha value is -2.44. The lowest BCUT2D eigenvalue weighted by atomic mass is 9.94. The van der Waals surface area contributed by atoms with Gasteiger partial charge in [0, 0.05) is 12.6 Å². The second kappa shape index (κ2) is 6.98. The van der Waals surface area contributed by atoms with Crippen LogP contribution in [0.2, 0.25) is 0 Å². The molecule has 0 saturated carbocycles. The number of hydrogen-bond donors (Lipinski definition) is 1. The third-order valence-electron chi connectivity index (χ3n) is 4.62. The number of carbonyl (C=O) groups excluding carboxylic acids is 1. The molecule has 128 valence electrons. The average Bonchev–Trinajstić information content (AvgIpc) is 3.05. The minimum absolute atomic E-state index is 0.0514. The van der Waals surface area contributed by atoms with Crippen LogP contribution in [0, 0.1) is 5.92 Å². The van der Waals surface area contributed by atoms with Crippen LogP contribution in [0.15, 0.2) is 30.3 Å². The van der Waals surface area contributed by atoms with Crippen molar-refractivity contribution in [1.29, 1.82) is 0 Å². The lowest BCUT2D eigenvalue weighted by Crippen LogP contribution is -2.49. The number of piperidine rings is 1. The highest BCUT2D eigenvalue weighted by Gasteiger charge is 2.28. The number of tetrazole rings is 1. The predicted octanol–water partition coefficient (Wildman–Crippen LogP) is 2.55. The molecule has 2 aromatic rings. The van der Waals surface area contributed by atoms with Crippen LogP contribution in [-0.4, -0.2) is 43.7 Å². The molecule has 1 fully saturated rings. The summed E-state index contributed by atoms with van der Waals surface area (Å²) in [6.07, 6.45) is 2.09. The predicted molar refractivity (Wildman–Crippen MR) is 90.7 cm³/mol. The van der Waals surface area contributed by atoms with Gasteiger partial charge in [0.1, 0.15) is 0 Å². The van der Waals surface area contributed by atoms with Gasteiger partial charge in [0.05, 0.1) is 11.7 Å². The number of likely N-dealkylation sites (tertiary alicyclic amines) is 1. The Labute approximate surface area is 142 Å². The highest BCUT2D eigenvalue weighted by molar-refractivity contribution is 5.75. The van der Waals surface area contributed by atoms with Gasteiger partial charge in [0.25, 0.3) is 0 Å². The average molecular weight is 328 g/mol. The van der Waals surface area contributed by atoms with Crippen LogP contribution >= 0.6 is 0 Å². The van der Waals surface area contributed by atoms with E-state index in [0.29, 0.717) is 11.7 Å². The summed E-state index contributed by atoms with van der Waals surface area (Å²) in [6, 6.07) is 9.60. The van der Waals surface area contributed by atoms with E-state index >= 15 is 0 Å². The van der Waals surface area contributed by atoms with Crippen molar-refractivity contribution in [3.63, 3.8) is 0 Å². The molecule has 2 amide bonds. The normalized spacial score (nSPS) is 22.2. The molecule has 1 aromatic heterocycles. The molecular formula is C17H24N6O. The van der Waals surface area contributed by atoms with Crippen molar-refractivity contribution in [3.8, 4) is 5.69 Å². The number of amides is 2. The summed E-state index contributed by atoms with van der Waals surface area (Å²) in [5, 5.41) is 14.9. The maximum atomic E-state index is 12.6. The maximum absolute atomic E-state index is 12.6. The molecule has 2 heterocycles. The molecule has 0 unspecified atom stereocenters. The van der Waals surface area contributed by atoms with Crippen molar-refractivity contribution in [2.75, 3.05) is 6.54 Å². The molecule has 3 rings (SSSR count). The summed E-state index contributed by atoms with van der Waals surface area (Å²) >= 11 is 0. The van der Waals surface area contributed by atoms with Crippen LogP contribution in [0.4, 0.5) is 4.79 Å². The van der Waals surface area contributed by atoms with E-state index < -0.39 is 0 Å². The summed E-state index contributed by atoms with van der Waals surface area (Å²) in [6.45, 7) is 7.04. The van der Waals surface area contributed by atoms with Crippen molar-refractivity contribution >= 4 is 6.03 Å². The molecule has 1 N–H and O–H groups in total. The highest BCUT2D eigenvalue weighted by Crippen LogP contribution is 2.23. The molecular weight excluding hydrogens is 304 g/mol. The number of hydrogen-bond acceptors (Lipinski definition) is 4. The number of urea groups is 1. The first-order valence-electron chi connectivity index (χ1n) is 8.47. The lowest BCUT2D eigenvalue weighted by molar-refractivity contribution is 0.137. The molecule has 1 aromatic carbocycles. The third-order valence-corrected chi connectivity index (χ3v) is 4.62. The van der Waals surface area contributed by atoms with Crippen molar-refractivity contribution in [3.05, 3.63) is 36.2 Å². The zero-order chi connectivity index (χ0) is 17.1. The van der Waals surface area contributed by atoms with Crippen LogP contribution in [0.3, 0.4) is 0 Å². The number of para-hydroxylation sites is 1. The van der Waals surface area contributed by atoms with E-state index in [0.717, 1.165) is 25.1 Å². The molecule has 0 bridgehead atoms. The molecule has 1 saturated heterocycles. The minimum atomic E-state index is -0.278. The van der Waals surface area contributed by atoms with E-state index in [9.17, 15) is 4.79 Å². The van der Waals surface area contributed by atoms with Gasteiger partial charge in [0.2, 0.25) is 0 Å². The van der Waals surface area contributed by atoms with E-state index in [1.54, 1.807) is 4.68 Å². The van der Waals surface area contributed by atoms with E-state index in [2.05, 4.69) is 34.7 Å². The first-order chi connectivity index (χ1) is 11.6. The quantitative estimate of drug-likeness (QED) is 0.939. The first-order valence-corrected chi connectivity index (χ1v) is 8.47. The first kappa shape index (κ1) is 16.4. The number of nitrogens with zero attached hydrogens (tertiary/aromatic N) is 5. The van der Waals surface area contributed by atoms with E-state index in [1.165, 1.54) is 0 Å². The van der Waals surface area contributed by atoms with Gasteiger partial charge in [-0.25, -0.2) is 4.79 Å². The van der Waals surface area contributed by atoms with Gasteiger partial charge in [0.15, 0.2) is 5.82 Å². The molecule has 1 aliphatic heterocycles. The summed E-state index contributed by atoms with van der Waals surface area (Å²) in [4.78, 5) is 14.5. The highest BCUT2D eigenvalue weighted by atomic mass is 16.2. The Morgan fingerprint density at radius 1 is 1.29 bits per heavy atom. The third kappa shape index (κ3) is 3.39. The van der Waals surface area contributed by atoms with Crippen LogP contribution in [0.25, 0.3) is 5.69 Å². The zero-order valence-electron chi connectivity index (χ0n) is 14.4.